The van der Waals surface area contributed by atoms with E-state index in [0.717, 1.165) is 12.1 Å². The lowest BCUT2D eigenvalue weighted by Crippen LogP contribution is -2.29. The van der Waals surface area contributed by atoms with Gasteiger partial charge in [0, 0.05) is 25.2 Å². The maximum absolute atomic E-state index is 12.3. The van der Waals surface area contributed by atoms with Gasteiger partial charge in [0.25, 0.3) is 11.8 Å². The number of nitrogens with two attached hydrogens (primary N) is 1. The molecule has 0 unspecified atom stereocenters. The SMILES string of the molecule is NCCNC(=O)c1cc(NC(=O)c2cc(C(=O)c3cc([N+](=O)[O-])[nH]n3)n[nH]2)n[nH]1. The summed E-state index contributed by atoms with van der Waals surface area (Å²) in [7, 11) is 0. The fourth-order valence-corrected chi connectivity index (χ4v) is 2.17. The lowest BCUT2D eigenvalue weighted by atomic mass is 10.2. The Morgan fingerprint density at radius 1 is 1.00 bits per heavy atom. The molecule has 3 rings (SSSR count). The average Bonchev–Trinajstić information content (AvgIpc) is 3.45. The molecule has 0 radical (unpaired) electrons. The Morgan fingerprint density at radius 2 is 1.66 bits per heavy atom. The number of hydrogen-bond donors (Lipinski definition) is 6. The topological polar surface area (TPSA) is 230 Å². The average molecular weight is 402 g/mol. The van der Waals surface area contributed by atoms with E-state index in [4.69, 9.17) is 5.73 Å². The van der Waals surface area contributed by atoms with Gasteiger partial charge >= 0.3 is 5.82 Å². The van der Waals surface area contributed by atoms with Crippen LogP contribution in [0.5, 0.6) is 0 Å². The molecule has 0 atom stereocenters. The second-order valence-electron chi connectivity index (χ2n) is 5.56. The number of aromatic nitrogens is 6. The van der Waals surface area contributed by atoms with Crippen LogP contribution in [0.25, 0.3) is 0 Å². The zero-order valence-corrected chi connectivity index (χ0v) is 14.6. The smallest absolute Gasteiger partial charge is 0.343 e. The molecule has 0 spiro atoms. The third-order valence-electron chi connectivity index (χ3n) is 3.54. The Kier molecular flexibility index (Phi) is 5.40. The van der Waals surface area contributed by atoms with Crippen molar-refractivity contribution in [2.45, 2.75) is 0 Å². The summed E-state index contributed by atoms with van der Waals surface area (Å²) >= 11 is 0. The molecule has 2 amide bonds. The third-order valence-corrected chi connectivity index (χ3v) is 3.54. The molecule has 0 aliphatic carbocycles. The summed E-state index contributed by atoms with van der Waals surface area (Å²) < 4.78 is 0. The van der Waals surface area contributed by atoms with Crippen molar-refractivity contribution in [1.82, 2.24) is 35.9 Å². The van der Waals surface area contributed by atoms with Crippen LogP contribution in [0.1, 0.15) is 37.2 Å². The molecular formula is C14H14N10O5. The van der Waals surface area contributed by atoms with Crippen molar-refractivity contribution in [2.75, 3.05) is 18.4 Å². The molecule has 0 fully saturated rings. The Bertz CT molecular complexity index is 1080. The standard InChI is InChI=1S/C14H14N10O5/c15-1-2-16-13(26)9-4-10(22-21-9)17-14(27)8-3-6(18-20-8)12(25)7-5-11(23-19-7)24(28)29/h3-5H,1-2,15H2,(H,16,26)(H,18,20)(H,19,23)(H2,17,21,22,27). The zero-order valence-electron chi connectivity index (χ0n) is 14.6. The van der Waals surface area contributed by atoms with Crippen molar-refractivity contribution in [1.29, 1.82) is 0 Å². The van der Waals surface area contributed by atoms with Crippen LogP contribution in [0.2, 0.25) is 0 Å². The maximum Gasteiger partial charge on any atom is 0.343 e. The molecule has 15 heteroatoms. The lowest BCUT2D eigenvalue weighted by Gasteiger charge is -1.99. The summed E-state index contributed by atoms with van der Waals surface area (Å²) in [4.78, 5) is 46.2. The van der Waals surface area contributed by atoms with Crippen LogP contribution in [-0.4, -0.2) is 66.2 Å². The molecule has 0 bridgehead atoms. The van der Waals surface area contributed by atoms with E-state index in [0.29, 0.717) is 0 Å². The minimum Gasteiger partial charge on any atom is -0.358 e. The number of carbonyl (C=O) groups is 3. The number of nitrogens with one attached hydrogen (secondary N) is 5. The van der Waals surface area contributed by atoms with Crippen LogP contribution in [0.15, 0.2) is 18.2 Å². The summed E-state index contributed by atoms with van der Waals surface area (Å²) in [5, 5.41) is 33.6. The van der Waals surface area contributed by atoms with E-state index in [1.165, 1.54) is 6.07 Å². The molecule has 3 aromatic rings. The fraction of sp³-hybridized carbons (Fsp3) is 0.143. The Morgan fingerprint density at radius 3 is 2.34 bits per heavy atom. The van der Waals surface area contributed by atoms with E-state index in [1.54, 1.807) is 0 Å². The number of carbonyl (C=O) groups excluding carboxylic acids is 3. The molecule has 15 nitrogen and oxygen atoms in total. The number of nitrogens with zero attached hydrogens (tertiary/aromatic N) is 4. The third kappa shape index (κ3) is 4.30. The first-order chi connectivity index (χ1) is 13.9. The molecule has 0 saturated carbocycles. The van der Waals surface area contributed by atoms with E-state index in [2.05, 4.69) is 41.2 Å². The molecule has 0 aliphatic rings. The number of anilines is 1. The Labute approximate surface area is 160 Å². The van der Waals surface area contributed by atoms with Crippen LogP contribution in [0, 0.1) is 10.1 Å². The monoisotopic (exact) mass is 402 g/mol. The summed E-state index contributed by atoms with van der Waals surface area (Å²) in [6.07, 6.45) is 0. The quantitative estimate of drug-likeness (QED) is 0.153. The first kappa shape index (κ1) is 19.4. The van der Waals surface area contributed by atoms with Gasteiger partial charge in [0.2, 0.25) is 5.78 Å². The highest BCUT2D eigenvalue weighted by molar-refractivity contribution is 6.09. The van der Waals surface area contributed by atoms with E-state index < -0.39 is 28.3 Å². The molecular weight excluding hydrogens is 388 g/mol. The van der Waals surface area contributed by atoms with Crippen LogP contribution in [-0.2, 0) is 0 Å². The zero-order chi connectivity index (χ0) is 21.0. The Balaban J connectivity index is 1.66. The fourth-order valence-electron chi connectivity index (χ4n) is 2.17. The van der Waals surface area contributed by atoms with Gasteiger partial charge in [0.05, 0.1) is 6.07 Å². The molecule has 0 aliphatic heterocycles. The van der Waals surface area contributed by atoms with Crippen molar-refractivity contribution in [2.24, 2.45) is 5.73 Å². The summed E-state index contributed by atoms with van der Waals surface area (Å²) in [5.74, 6) is -2.22. The van der Waals surface area contributed by atoms with Crippen molar-refractivity contribution in [3.8, 4) is 0 Å². The van der Waals surface area contributed by atoms with Gasteiger partial charge in [-0.1, -0.05) is 5.10 Å². The van der Waals surface area contributed by atoms with Gasteiger partial charge in [-0.3, -0.25) is 24.6 Å². The minimum atomic E-state index is -0.734. The van der Waals surface area contributed by atoms with E-state index in [-0.39, 0.29) is 41.7 Å². The normalized spacial score (nSPS) is 10.5. The van der Waals surface area contributed by atoms with Gasteiger partial charge in [0.1, 0.15) is 17.1 Å². The first-order valence-corrected chi connectivity index (χ1v) is 8.04. The summed E-state index contributed by atoms with van der Waals surface area (Å²) in [6, 6.07) is 3.42. The van der Waals surface area contributed by atoms with Crippen molar-refractivity contribution < 1.29 is 19.3 Å². The minimum absolute atomic E-state index is 0.0679. The van der Waals surface area contributed by atoms with E-state index in [1.807, 2.05) is 0 Å². The van der Waals surface area contributed by atoms with Crippen LogP contribution in [0.3, 0.4) is 0 Å². The molecule has 29 heavy (non-hydrogen) atoms. The molecule has 3 heterocycles. The highest BCUT2D eigenvalue weighted by Gasteiger charge is 2.22. The summed E-state index contributed by atoms with van der Waals surface area (Å²) in [5.41, 5.74) is 4.95. The van der Waals surface area contributed by atoms with Gasteiger partial charge in [-0.2, -0.15) is 10.2 Å². The molecule has 7 N–H and O–H groups in total. The molecule has 150 valence electrons. The number of amides is 2. The Hall–Kier alpha value is -4.40. The number of hydrogen-bond acceptors (Lipinski definition) is 9. The van der Waals surface area contributed by atoms with Crippen molar-refractivity contribution in [3.63, 3.8) is 0 Å². The molecule has 0 saturated heterocycles. The van der Waals surface area contributed by atoms with Gasteiger partial charge in [-0.25, -0.2) is 0 Å². The van der Waals surface area contributed by atoms with Gasteiger partial charge in [-0.05, 0) is 4.92 Å². The number of ketones is 1. The predicted molar refractivity (Wildman–Crippen MR) is 95.2 cm³/mol. The first-order valence-electron chi connectivity index (χ1n) is 8.04. The number of aromatic amines is 3. The summed E-state index contributed by atoms with van der Waals surface area (Å²) in [6.45, 7) is 0.555. The van der Waals surface area contributed by atoms with E-state index in [9.17, 15) is 24.5 Å². The van der Waals surface area contributed by atoms with Gasteiger partial charge < -0.3 is 26.5 Å². The van der Waals surface area contributed by atoms with Crippen molar-refractivity contribution in [3.05, 3.63) is 51.1 Å². The lowest BCUT2D eigenvalue weighted by molar-refractivity contribution is -0.389. The van der Waals surface area contributed by atoms with Crippen LogP contribution in [0.4, 0.5) is 11.6 Å². The van der Waals surface area contributed by atoms with Crippen LogP contribution < -0.4 is 16.4 Å². The second kappa shape index (κ2) is 8.09. The molecule has 3 aromatic heterocycles. The predicted octanol–water partition coefficient (Wildman–Crippen LogP) is -1.06. The highest BCUT2D eigenvalue weighted by atomic mass is 16.6. The largest absolute Gasteiger partial charge is 0.358 e. The van der Waals surface area contributed by atoms with Crippen molar-refractivity contribution >= 4 is 29.2 Å². The number of rotatable bonds is 8. The van der Waals surface area contributed by atoms with Gasteiger partial charge in [0.15, 0.2) is 11.5 Å². The van der Waals surface area contributed by atoms with Crippen LogP contribution >= 0.6 is 0 Å². The maximum atomic E-state index is 12.3. The molecule has 0 aromatic carbocycles. The second-order valence-corrected chi connectivity index (χ2v) is 5.56. The van der Waals surface area contributed by atoms with Gasteiger partial charge in [-0.15, -0.1) is 5.10 Å². The number of H-pyrrole nitrogens is 3. The highest BCUT2D eigenvalue weighted by Crippen LogP contribution is 2.13. The van der Waals surface area contributed by atoms with E-state index >= 15 is 0 Å². The number of nitro groups is 1.